The highest BCUT2D eigenvalue weighted by molar-refractivity contribution is 5.79. The molecule has 0 spiro atoms. The first-order valence-corrected chi connectivity index (χ1v) is 9.01. The van der Waals surface area contributed by atoms with Gasteiger partial charge in [-0.15, -0.1) is 0 Å². The van der Waals surface area contributed by atoms with Gasteiger partial charge in [0.25, 0.3) is 0 Å². The summed E-state index contributed by atoms with van der Waals surface area (Å²) in [6.07, 6.45) is 2.67. The summed E-state index contributed by atoms with van der Waals surface area (Å²) in [5.41, 5.74) is 1.15. The van der Waals surface area contributed by atoms with Crippen LogP contribution in [0.3, 0.4) is 0 Å². The van der Waals surface area contributed by atoms with Crippen molar-refractivity contribution in [2.75, 3.05) is 40.0 Å². The Morgan fingerprint density at radius 2 is 2.17 bits per heavy atom. The number of hydrogen-bond donors (Lipinski definition) is 1. The third-order valence-electron chi connectivity index (χ3n) is 3.94. The Bertz CT molecular complexity index is 515. The summed E-state index contributed by atoms with van der Waals surface area (Å²) in [5.74, 6) is 2.63. The zero-order valence-corrected chi connectivity index (χ0v) is 15.3. The van der Waals surface area contributed by atoms with Gasteiger partial charge in [0.15, 0.2) is 5.96 Å². The van der Waals surface area contributed by atoms with Gasteiger partial charge in [0, 0.05) is 26.7 Å². The van der Waals surface area contributed by atoms with Crippen molar-refractivity contribution in [1.82, 2.24) is 10.2 Å². The van der Waals surface area contributed by atoms with Crippen molar-refractivity contribution >= 4 is 5.96 Å². The third kappa shape index (κ3) is 6.79. The average Bonchev–Trinajstić information content (AvgIpc) is 3.40. The van der Waals surface area contributed by atoms with Crippen LogP contribution in [0.5, 0.6) is 5.75 Å². The Hall–Kier alpha value is -1.75. The molecular weight excluding hydrogens is 302 g/mol. The minimum Gasteiger partial charge on any atom is -0.494 e. The Kier molecular flexibility index (Phi) is 7.89. The van der Waals surface area contributed by atoms with Gasteiger partial charge < -0.3 is 19.7 Å². The fourth-order valence-electron chi connectivity index (χ4n) is 2.38. The summed E-state index contributed by atoms with van der Waals surface area (Å²) >= 11 is 0. The number of nitrogens with zero attached hydrogens (tertiary/aromatic N) is 2. The van der Waals surface area contributed by atoms with Gasteiger partial charge in [0.2, 0.25) is 0 Å². The van der Waals surface area contributed by atoms with Crippen molar-refractivity contribution in [3.05, 3.63) is 29.8 Å². The number of likely N-dealkylation sites (N-methyl/N-ethyl adjacent to an activating group) is 1. The van der Waals surface area contributed by atoms with Crippen LogP contribution in [0.4, 0.5) is 0 Å². The lowest BCUT2D eigenvalue weighted by Gasteiger charge is -2.22. The summed E-state index contributed by atoms with van der Waals surface area (Å²) in [7, 11) is 2.05. The molecule has 134 valence electrons. The predicted molar refractivity (Wildman–Crippen MR) is 98.6 cm³/mol. The number of guanidine groups is 1. The third-order valence-corrected chi connectivity index (χ3v) is 3.94. The summed E-state index contributed by atoms with van der Waals surface area (Å²) < 4.78 is 11.3. The van der Waals surface area contributed by atoms with Crippen LogP contribution in [0.25, 0.3) is 0 Å². The standard InChI is InChI=1S/C19H31N3O2/c1-4-20-19(22(3)11-12-23-15-16-9-10-16)21-14-17-7-6-8-18(13-17)24-5-2/h6-8,13,16H,4-5,9-12,14-15H2,1-3H3,(H,20,21). The molecular formula is C19H31N3O2. The van der Waals surface area contributed by atoms with Crippen LogP contribution in [-0.2, 0) is 11.3 Å². The zero-order chi connectivity index (χ0) is 17.2. The summed E-state index contributed by atoms with van der Waals surface area (Å²) in [6.45, 7) is 8.75. The number of benzene rings is 1. The molecule has 1 fully saturated rings. The summed E-state index contributed by atoms with van der Waals surface area (Å²) in [5, 5.41) is 3.34. The maximum Gasteiger partial charge on any atom is 0.194 e. The molecule has 0 unspecified atom stereocenters. The Morgan fingerprint density at radius 3 is 2.88 bits per heavy atom. The minimum atomic E-state index is 0.635. The maximum atomic E-state index is 5.72. The van der Waals surface area contributed by atoms with Crippen molar-refractivity contribution in [3.8, 4) is 5.75 Å². The molecule has 1 aromatic rings. The fourth-order valence-corrected chi connectivity index (χ4v) is 2.38. The molecule has 0 heterocycles. The van der Waals surface area contributed by atoms with Crippen LogP contribution in [0, 0.1) is 5.92 Å². The van der Waals surface area contributed by atoms with Gasteiger partial charge in [0.05, 0.1) is 19.8 Å². The van der Waals surface area contributed by atoms with Crippen LogP contribution < -0.4 is 10.1 Å². The van der Waals surface area contributed by atoms with Crippen LogP contribution in [-0.4, -0.2) is 50.8 Å². The normalized spacial score (nSPS) is 14.5. The number of rotatable bonds is 10. The molecule has 1 aromatic carbocycles. The molecule has 1 saturated carbocycles. The first-order chi connectivity index (χ1) is 11.7. The summed E-state index contributed by atoms with van der Waals surface area (Å²) in [4.78, 5) is 6.86. The van der Waals surface area contributed by atoms with E-state index in [1.807, 2.05) is 19.1 Å². The molecule has 0 radical (unpaired) electrons. The Balaban J connectivity index is 1.84. The zero-order valence-electron chi connectivity index (χ0n) is 15.3. The largest absolute Gasteiger partial charge is 0.494 e. The van der Waals surface area contributed by atoms with Gasteiger partial charge in [-0.3, -0.25) is 0 Å². The van der Waals surface area contributed by atoms with E-state index >= 15 is 0 Å². The van der Waals surface area contributed by atoms with Gasteiger partial charge >= 0.3 is 0 Å². The Labute approximate surface area is 146 Å². The van der Waals surface area contributed by atoms with Gasteiger partial charge in [-0.1, -0.05) is 12.1 Å². The van der Waals surface area contributed by atoms with Crippen LogP contribution >= 0.6 is 0 Å². The van der Waals surface area contributed by atoms with Gasteiger partial charge in [0.1, 0.15) is 5.75 Å². The molecule has 0 bridgehead atoms. The second-order valence-corrected chi connectivity index (χ2v) is 6.19. The van der Waals surface area contributed by atoms with Crippen molar-refractivity contribution in [2.24, 2.45) is 10.9 Å². The molecule has 1 aliphatic carbocycles. The lowest BCUT2D eigenvalue weighted by molar-refractivity contribution is 0.115. The van der Waals surface area contributed by atoms with E-state index < -0.39 is 0 Å². The molecule has 0 aliphatic heterocycles. The monoisotopic (exact) mass is 333 g/mol. The van der Waals surface area contributed by atoms with Crippen LogP contribution in [0.1, 0.15) is 32.3 Å². The SMILES string of the molecule is CCNC(=NCc1cccc(OCC)c1)N(C)CCOCC1CC1. The average molecular weight is 333 g/mol. The highest BCUT2D eigenvalue weighted by Crippen LogP contribution is 2.28. The lowest BCUT2D eigenvalue weighted by atomic mass is 10.2. The van der Waals surface area contributed by atoms with E-state index in [2.05, 4.69) is 36.3 Å². The van der Waals surface area contributed by atoms with E-state index in [1.54, 1.807) is 0 Å². The van der Waals surface area contributed by atoms with E-state index in [0.717, 1.165) is 49.5 Å². The van der Waals surface area contributed by atoms with Crippen molar-refractivity contribution < 1.29 is 9.47 Å². The van der Waals surface area contributed by atoms with Gasteiger partial charge in [-0.2, -0.15) is 0 Å². The predicted octanol–water partition coefficient (Wildman–Crippen LogP) is 2.91. The smallest absolute Gasteiger partial charge is 0.194 e. The van der Waals surface area contributed by atoms with Crippen molar-refractivity contribution in [3.63, 3.8) is 0 Å². The van der Waals surface area contributed by atoms with Crippen LogP contribution in [0.2, 0.25) is 0 Å². The topological polar surface area (TPSA) is 46.1 Å². The molecule has 5 nitrogen and oxygen atoms in total. The molecule has 0 aromatic heterocycles. The second kappa shape index (κ2) is 10.2. The highest BCUT2D eigenvalue weighted by Gasteiger charge is 2.21. The molecule has 0 atom stereocenters. The molecule has 5 heteroatoms. The number of aliphatic imine (C=N–C) groups is 1. The summed E-state index contributed by atoms with van der Waals surface area (Å²) in [6, 6.07) is 8.12. The van der Waals surface area contributed by atoms with Crippen LogP contribution in [0.15, 0.2) is 29.3 Å². The van der Waals surface area contributed by atoms with E-state index in [9.17, 15) is 0 Å². The highest BCUT2D eigenvalue weighted by atomic mass is 16.5. The number of hydrogen-bond acceptors (Lipinski definition) is 3. The van der Waals surface area contributed by atoms with Gasteiger partial charge in [-0.05, 0) is 50.3 Å². The quantitative estimate of drug-likeness (QED) is 0.406. The molecule has 24 heavy (non-hydrogen) atoms. The first-order valence-electron chi connectivity index (χ1n) is 9.01. The van der Waals surface area contributed by atoms with E-state index in [0.29, 0.717) is 13.2 Å². The van der Waals surface area contributed by atoms with E-state index in [-0.39, 0.29) is 0 Å². The lowest BCUT2D eigenvalue weighted by Crippen LogP contribution is -2.40. The van der Waals surface area contributed by atoms with Crippen molar-refractivity contribution in [2.45, 2.75) is 33.2 Å². The maximum absolute atomic E-state index is 5.72. The van der Waals surface area contributed by atoms with E-state index in [4.69, 9.17) is 14.5 Å². The van der Waals surface area contributed by atoms with Crippen molar-refractivity contribution in [1.29, 1.82) is 0 Å². The minimum absolute atomic E-state index is 0.635. The second-order valence-electron chi connectivity index (χ2n) is 6.19. The molecule has 1 aliphatic rings. The van der Waals surface area contributed by atoms with Gasteiger partial charge in [-0.25, -0.2) is 4.99 Å². The fraction of sp³-hybridized carbons (Fsp3) is 0.632. The number of ether oxygens (including phenoxy) is 2. The number of nitrogens with one attached hydrogen (secondary N) is 1. The first kappa shape index (κ1) is 18.6. The molecule has 2 rings (SSSR count). The molecule has 0 saturated heterocycles. The van der Waals surface area contributed by atoms with E-state index in [1.165, 1.54) is 12.8 Å². The molecule has 1 N–H and O–H groups in total. The Morgan fingerprint density at radius 1 is 1.33 bits per heavy atom. The molecule has 0 amide bonds.